The molecule has 0 radical (unpaired) electrons. The Kier molecular flexibility index (Phi) is 6.68. The maximum absolute atomic E-state index is 13.5. The van der Waals surface area contributed by atoms with Crippen molar-refractivity contribution in [2.45, 2.75) is 30.8 Å². The number of anilines is 1. The molecule has 0 bridgehead atoms. The number of imide groups is 1. The van der Waals surface area contributed by atoms with Gasteiger partial charge in [0.2, 0.25) is 15.9 Å². The zero-order valence-corrected chi connectivity index (χ0v) is 20.1. The van der Waals surface area contributed by atoms with Gasteiger partial charge in [0.1, 0.15) is 17.6 Å². The number of carbonyl (C=O) groups is 2. The molecule has 0 spiro atoms. The molecular weight excluding hydrogens is 512 g/mol. The van der Waals surface area contributed by atoms with Crippen LogP contribution < -0.4 is 9.64 Å². The monoisotopic (exact) mass is 532 g/mol. The number of amides is 2. The molecule has 172 valence electrons. The zero-order valence-electron chi connectivity index (χ0n) is 17.7. The van der Waals surface area contributed by atoms with E-state index in [0.29, 0.717) is 28.3 Å². The molecule has 1 atom stereocenters. The Morgan fingerprint density at radius 2 is 1.79 bits per heavy atom. The summed E-state index contributed by atoms with van der Waals surface area (Å²) in [5.74, 6) is -0.134. The van der Waals surface area contributed by atoms with Crippen LogP contribution in [-0.2, 0) is 26.2 Å². The number of nitrogens with zero attached hydrogens (tertiary/aromatic N) is 2. The summed E-state index contributed by atoms with van der Waals surface area (Å²) in [7, 11) is -4.12. The fourth-order valence-electron chi connectivity index (χ4n) is 3.63. The highest BCUT2D eigenvalue weighted by atomic mass is 79.9. The van der Waals surface area contributed by atoms with Crippen LogP contribution in [0.25, 0.3) is 0 Å². The molecule has 0 aliphatic carbocycles. The van der Waals surface area contributed by atoms with E-state index in [1.807, 2.05) is 6.92 Å². The second kappa shape index (κ2) is 9.50. The van der Waals surface area contributed by atoms with E-state index in [2.05, 4.69) is 15.9 Å². The number of hydrogen-bond donors (Lipinski definition) is 0. The molecule has 8 nitrogen and oxygen atoms in total. The number of sulfonamides is 1. The van der Waals surface area contributed by atoms with Crippen molar-refractivity contribution in [3.8, 4) is 5.75 Å². The van der Waals surface area contributed by atoms with Crippen LogP contribution in [0.3, 0.4) is 0 Å². The third-order valence-electron chi connectivity index (χ3n) is 5.19. The smallest absolute Gasteiger partial charge is 0.252 e. The second-order valence-corrected chi connectivity index (χ2v) is 10.1. The third kappa shape index (κ3) is 4.73. The Labute approximate surface area is 199 Å². The number of carbonyl (C=O) groups excluding carboxylic acids is 2. The van der Waals surface area contributed by atoms with E-state index in [1.165, 1.54) is 18.4 Å². The normalized spacial score (nSPS) is 16.6. The van der Waals surface area contributed by atoms with Gasteiger partial charge in [-0.25, -0.2) is 13.3 Å². The van der Waals surface area contributed by atoms with Gasteiger partial charge in [-0.2, -0.15) is 4.31 Å². The van der Waals surface area contributed by atoms with Crippen LogP contribution in [0.1, 0.15) is 19.1 Å². The van der Waals surface area contributed by atoms with Crippen molar-refractivity contribution < 1.29 is 27.2 Å². The minimum Gasteiger partial charge on any atom is -0.494 e. The Bertz CT molecular complexity index is 1240. The number of furan rings is 1. The molecule has 3 aromatic rings. The van der Waals surface area contributed by atoms with Crippen LogP contribution in [0, 0.1) is 0 Å². The Balaban J connectivity index is 1.69. The summed E-state index contributed by atoms with van der Waals surface area (Å²) in [5.41, 5.74) is 0.356. The third-order valence-corrected chi connectivity index (χ3v) is 7.59. The van der Waals surface area contributed by atoms with Crippen LogP contribution in [0.5, 0.6) is 5.75 Å². The number of benzene rings is 2. The van der Waals surface area contributed by atoms with E-state index in [1.54, 1.807) is 48.5 Å². The van der Waals surface area contributed by atoms with Gasteiger partial charge >= 0.3 is 0 Å². The molecule has 2 heterocycles. The lowest BCUT2D eigenvalue weighted by Crippen LogP contribution is -2.45. The van der Waals surface area contributed by atoms with Gasteiger partial charge in [0.05, 0.1) is 36.4 Å². The van der Waals surface area contributed by atoms with E-state index in [9.17, 15) is 18.0 Å². The molecule has 2 aromatic carbocycles. The first-order valence-corrected chi connectivity index (χ1v) is 12.4. The molecule has 10 heteroatoms. The average Bonchev–Trinajstić information content (AvgIpc) is 3.41. The van der Waals surface area contributed by atoms with Crippen molar-refractivity contribution in [1.82, 2.24) is 4.31 Å². The summed E-state index contributed by atoms with van der Waals surface area (Å²) in [6.45, 7) is 2.15. The lowest BCUT2D eigenvalue weighted by atomic mass is 10.2. The molecule has 1 fully saturated rings. The van der Waals surface area contributed by atoms with Crippen molar-refractivity contribution in [2.24, 2.45) is 0 Å². The van der Waals surface area contributed by atoms with Crippen LogP contribution >= 0.6 is 15.9 Å². The molecule has 33 heavy (non-hydrogen) atoms. The SMILES string of the molecule is CCOc1ccc(N2C(=O)CC(N(Cc3ccco3)S(=O)(=O)c3ccc(Br)cc3)C2=O)cc1. The summed E-state index contributed by atoms with van der Waals surface area (Å²) in [5, 5.41) is 0. The van der Waals surface area contributed by atoms with E-state index in [0.717, 1.165) is 9.21 Å². The molecule has 4 rings (SSSR count). The van der Waals surface area contributed by atoms with Gasteiger partial charge in [-0.15, -0.1) is 0 Å². The van der Waals surface area contributed by atoms with Crippen LogP contribution in [0.2, 0.25) is 0 Å². The minimum absolute atomic E-state index is 0.0111. The van der Waals surface area contributed by atoms with Crippen LogP contribution in [0.15, 0.2) is 80.7 Å². The van der Waals surface area contributed by atoms with E-state index in [-0.39, 0.29) is 17.9 Å². The topological polar surface area (TPSA) is 97.1 Å². The standard InChI is InChI=1S/C23H21BrN2O6S/c1-2-31-18-9-7-17(8-10-18)26-22(27)14-21(23(26)28)25(15-19-4-3-13-32-19)33(29,30)20-11-5-16(24)6-12-20/h3-13,21H,2,14-15H2,1H3. The Morgan fingerprint density at radius 1 is 1.09 bits per heavy atom. The molecule has 0 N–H and O–H groups in total. The van der Waals surface area contributed by atoms with Gasteiger partial charge < -0.3 is 9.15 Å². The predicted octanol–water partition coefficient (Wildman–Crippen LogP) is 3.96. The van der Waals surface area contributed by atoms with Crippen LogP contribution in [-0.4, -0.2) is 37.2 Å². The van der Waals surface area contributed by atoms with Crippen molar-refractivity contribution in [2.75, 3.05) is 11.5 Å². The van der Waals surface area contributed by atoms with Gasteiger partial charge in [0, 0.05) is 4.47 Å². The van der Waals surface area contributed by atoms with E-state index < -0.39 is 27.9 Å². The van der Waals surface area contributed by atoms with Crippen molar-refractivity contribution in [3.63, 3.8) is 0 Å². The number of ether oxygens (including phenoxy) is 1. The highest BCUT2D eigenvalue weighted by Gasteiger charge is 2.47. The molecule has 1 aromatic heterocycles. The van der Waals surface area contributed by atoms with Gasteiger partial charge in [0.15, 0.2) is 0 Å². The number of rotatable bonds is 8. The molecule has 1 aliphatic rings. The number of hydrogen-bond acceptors (Lipinski definition) is 6. The van der Waals surface area contributed by atoms with Crippen molar-refractivity contribution in [1.29, 1.82) is 0 Å². The maximum atomic E-state index is 13.5. The summed E-state index contributed by atoms with van der Waals surface area (Å²) in [6, 6.07) is 14.7. The molecule has 1 saturated heterocycles. The highest BCUT2D eigenvalue weighted by Crippen LogP contribution is 2.31. The molecule has 0 saturated carbocycles. The molecule has 1 aliphatic heterocycles. The first-order chi connectivity index (χ1) is 15.8. The van der Waals surface area contributed by atoms with E-state index >= 15 is 0 Å². The van der Waals surface area contributed by atoms with Gasteiger partial charge in [0.25, 0.3) is 5.91 Å². The first kappa shape index (κ1) is 23.2. The summed E-state index contributed by atoms with van der Waals surface area (Å²) >= 11 is 3.29. The average molecular weight is 533 g/mol. The molecular formula is C23H21BrN2O6S. The van der Waals surface area contributed by atoms with Gasteiger partial charge in [-0.05, 0) is 67.6 Å². The number of halogens is 1. The van der Waals surface area contributed by atoms with Gasteiger partial charge in [-0.3, -0.25) is 9.59 Å². The van der Waals surface area contributed by atoms with Gasteiger partial charge in [-0.1, -0.05) is 15.9 Å². The Morgan fingerprint density at radius 3 is 2.39 bits per heavy atom. The summed E-state index contributed by atoms with van der Waals surface area (Å²) in [6.07, 6.45) is 1.15. The van der Waals surface area contributed by atoms with E-state index in [4.69, 9.17) is 9.15 Å². The first-order valence-electron chi connectivity index (χ1n) is 10.2. The quantitative estimate of drug-likeness (QED) is 0.407. The highest BCUT2D eigenvalue weighted by molar-refractivity contribution is 9.10. The minimum atomic E-state index is -4.12. The van der Waals surface area contributed by atoms with Crippen LogP contribution in [0.4, 0.5) is 5.69 Å². The fraction of sp³-hybridized carbons (Fsp3) is 0.217. The second-order valence-electron chi connectivity index (χ2n) is 7.30. The fourth-order valence-corrected chi connectivity index (χ4v) is 5.44. The zero-order chi connectivity index (χ0) is 23.6. The lowest BCUT2D eigenvalue weighted by molar-refractivity contribution is -0.122. The lowest BCUT2D eigenvalue weighted by Gasteiger charge is -2.26. The Hall–Kier alpha value is -2.95. The molecule has 2 amide bonds. The summed E-state index contributed by atoms with van der Waals surface area (Å²) < 4.78 is 39.6. The maximum Gasteiger partial charge on any atom is 0.252 e. The van der Waals surface area contributed by atoms with Crippen molar-refractivity contribution >= 4 is 43.5 Å². The summed E-state index contributed by atoms with van der Waals surface area (Å²) in [4.78, 5) is 27.2. The molecule has 1 unspecified atom stereocenters. The largest absolute Gasteiger partial charge is 0.494 e. The van der Waals surface area contributed by atoms with Crippen molar-refractivity contribution in [3.05, 3.63) is 77.2 Å². The predicted molar refractivity (Wildman–Crippen MR) is 124 cm³/mol.